The molecule has 1 fully saturated rings. The minimum Gasteiger partial charge on any atom is -0.384 e. The van der Waals surface area contributed by atoms with Crippen LogP contribution in [0.4, 0.5) is 0 Å². The van der Waals surface area contributed by atoms with Gasteiger partial charge in [0.2, 0.25) is 5.91 Å². The first kappa shape index (κ1) is 22.5. The molecule has 7 nitrogen and oxygen atoms in total. The molecular weight excluding hydrogens is 404 g/mol. The standard InChI is InChI=1S/C25H32N4O3/c1-25(2,31)24-20(22-6-3-4-16-29(22)26-24)14-17-28-15-5-7-21(28)19-11-8-18(9-12-19)10-13-23(30)27-32/h3-4,6,8-9,11-12,16,21,31-32H,5,7,10,13-15,17H2,1-2H3,(H,27,30)/t21-/m0/s1. The summed E-state index contributed by atoms with van der Waals surface area (Å²) in [4.78, 5) is 13.8. The third-order valence-corrected chi connectivity index (χ3v) is 6.36. The molecule has 0 bridgehead atoms. The van der Waals surface area contributed by atoms with E-state index in [0.717, 1.165) is 54.7 Å². The number of hydrogen-bond donors (Lipinski definition) is 3. The van der Waals surface area contributed by atoms with Crippen LogP contribution in [0.15, 0.2) is 48.7 Å². The molecule has 0 spiro atoms. The minimum atomic E-state index is -0.992. The van der Waals surface area contributed by atoms with Crippen LogP contribution in [0.3, 0.4) is 0 Å². The minimum absolute atomic E-state index is 0.272. The van der Waals surface area contributed by atoms with Gasteiger partial charge in [0.25, 0.3) is 0 Å². The summed E-state index contributed by atoms with van der Waals surface area (Å²) >= 11 is 0. The number of rotatable bonds is 8. The molecular formula is C25H32N4O3. The fourth-order valence-electron chi connectivity index (χ4n) is 4.74. The van der Waals surface area contributed by atoms with E-state index >= 15 is 0 Å². The zero-order valence-corrected chi connectivity index (χ0v) is 18.8. The lowest BCUT2D eigenvalue weighted by Crippen LogP contribution is -2.27. The molecule has 1 atom stereocenters. The molecule has 2 aromatic heterocycles. The Morgan fingerprint density at radius 2 is 1.97 bits per heavy atom. The average molecular weight is 437 g/mol. The van der Waals surface area contributed by atoms with Crippen LogP contribution in [-0.4, -0.2) is 43.8 Å². The number of aryl methyl sites for hydroxylation is 1. The van der Waals surface area contributed by atoms with Crippen LogP contribution in [0, 0.1) is 0 Å². The van der Waals surface area contributed by atoms with Gasteiger partial charge in [-0.2, -0.15) is 5.10 Å². The summed E-state index contributed by atoms with van der Waals surface area (Å²) in [6, 6.07) is 14.9. The van der Waals surface area contributed by atoms with Crippen LogP contribution < -0.4 is 5.48 Å². The molecule has 7 heteroatoms. The monoisotopic (exact) mass is 436 g/mol. The average Bonchev–Trinajstić information content (AvgIpc) is 3.40. The first-order chi connectivity index (χ1) is 15.4. The van der Waals surface area contributed by atoms with Gasteiger partial charge in [-0.25, -0.2) is 10.00 Å². The molecule has 0 radical (unpaired) electrons. The number of hydroxylamine groups is 1. The van der Waals surface area contributed by atoms with Crippen LogP contribution >= 0.6 is 0 Å². The first-order valence-corrected chi connectivity index (χ1v) is 11.3. The molecule has 1 aliphatic rings. The summed E-state index contributed by atoms with van der Waals surface area (Å²) in [6.07, 6.45) is 5.93. The number of amides is 1. The molecule has 3 aromatic rings. The van der Waals surface area contributed by atoms with E-state index < -0.39 is 5.60 Å². The van der Waals surface area contributed by atoms with Crippen LogP contribution in [0.2, 0.25) is 0 Å². The largest absolute Gasteiger partial charge is 0.384 e. The van der Waals surface area contributed by atoms with Gasteiger partial charge in [0.15, 0.2) is 0 Å². The Kier molecular flexibility index (Phi) is 6.60. The summed E-state index contributed by atoms with van der Waals surface area (Å²) in [5, 5.41) is 24.0. The van der Waals surface area contributed by atoms with Crippen LogP contribution in [0.1, 0.15) is 61.5 Å². The smallest absolute Gasteiger partial charge is 0.243 e. The fraction of sp³-hybridized carbons (Fsp3) is 0.440. The molecule has 4 rings (SSSR count). The molecule has 0 aliphatic carbocycles. The Hall–Kier alpha value is -2.74. The number of aromatic nitrogens is 2. The van der Waals surface area contributed by atoms with E-state index in [0.29, 0.717) is 12.5 Å². The van der Waals surface area contributed by atoms with Gasteiger partial charge in [0, 0.05) is 30.8 Å². The van der Waals surface area contributed by atoms with E-state index in [2.05, 4.69) is 40.3 Å². The van der Waals surface area contributed by atoms with Crippen molar-refractivity contribution >= 4 is 11.4 Å². The molecule has 1 aromatic carbocycles. The Labute approximate surface area is 188 Å². The maximum Gasteiger partial charge on any atom is 0.243 e. The van der Waals surface area contributed by atoms with Gasteiger partial charge < -0.3 is 5.11 Å². The normalized spacial score (nSPS) is 17.2. The van der Waals surface area contributed by atoms with Crippen molar-refractivity contribution in [2.24, 2.45) is 0 Å². The maximum atomic E-state index is 11.3. The maximum absolute atomic E-state index is 11.3. The van der Waals surface area contributed by atoms with Crippen molar-refractivity contribution in [1.82, 2.24) is 20.0 Å². The second-order valence-electron chi connectivity index (χ2n) is 9.14. The van der Waals surface area contributed by atoms with Gasteiger partial charge in [-0.15, -0.1) is 0 Å². The predicted octanol–water partition coefficient (Wildman–Crippen LogP) is 3.38. The summed E-state index contributed by atoms with van der Waals surface area (Å²) in [7, 11) is 0. The molecule has 0 saturated carbocycles. The zero-order valence-electron chi connectivity index (χ0n) is 18.8. The Balaban J connectivity index is 1.47. The quantitative estimate of drug-likeness (QED) is 0.372. The van der Waals surface area contributed by atoms with Crippen molar-refractivity contribution in [3.63, 3.8) is 0 Å². The summed E-state index contributed by atoms with van der Waals surface area (Å²) in [6.45, 7) is 5.55. The molecule has 1 saturated heterocycles. The van der Waals surface area contributed by atoms with E-state index in [-0.39, 0.29) is 12.3 Å². The second-order valence-corrected chi connectivity index (χ2v) is 9.14. The third kappa shape index (κ3) is 4.85. The topological polar surface area (TPSA) is 90.1 Å². The van der Waals surface area contributed by atoms with Gasteiger partial charge in [-0.1, -0.05) is 30.3 Å². The Bertz CT molecular complexity index is 1070. The lowest BCUT2D eigenvalue weighted by Gasteiger charge is -2.25. The molecule has 1 amide bonds. The van der Waals surface area contributed by atoms with E-state index in [1.807, 2.05) is 22.8 Å². The summed E-state index contributed by atoms with van der Waals surface area (Å²) < 4.78 is 1.86. The molecule has 32 heavy (non-hydrogen) atoms. The highest BCUT2D eigenvalue weighted by Gasteiger charge is 2.29. The Morgan fingerprint density at radius 1 is 1.19 bits per heavy atom. The van der Waals surface area contributed by atoms with Crippen molar-refractivity contribution < 1.29 is 15.1 Å². The molecule has 3 N–H and O–H groups in total. The number of carbonyl (C=O) groups excluding carboxylic acids is 1. The van der Waals surface area contributed by atoms with Gasteiger partial charge in [0.1, 0.15) is 5.60 Å². The van der Waals surface area contributed by atoms with Crippen molar-refractivity contribution in [2.45, 2.75) is 57.6 Å². The highest BCUT2D eigenvalue weighted by atomic mass is 16.5. The predicted molar refractivity (Wildman–Crippen MR) is 122 cm³/mol. The molecule has 1 aliphatic heterocycles. The van der Waals surface area contributed by atoms with Gasteiger partial charge in [-0.05, 0) is 69.3 Å². The fourth-order valence-corrected chi connectivity index (χ4v) is 4.74. The van der Waals surface area contributed by atoms with Gasteiger partial charge in [0.05, 0.1) is 11.2 Å². The van der Waals surface area contributed by atoms with Crippen LogP contribution in [0.25, 0.3) is 5.52 Å². The van der Waals surface area contributed by atoms with E-state index in [1.165, 1.54) is 5.56 Å². The number of benzene rings is 1. The van der Waals surface area contributed by atoms with Gasteiger partial charge >= 0.3 is 0 Å². The Morgan fingerprint density at radius 3 is 2.69 bits per heavy atom. The second kappa shape index (κ2) is 9.40. The van der Waals surface area contributed by atoms with Crippen molar-refractivity contribution in [3.8, 4) is 0 Å². The van der Waals surface area contributed by atoms with E-state index in [4.69, 9.17) is 5.21 Å². The van der Waals surface area contributed by atoms with Gasteiger partial charge in [-0.3, -0.25) is 14.9 Å². The third-order valence-electron chi connectivity index (χ3n) is 6.36. The number of likely N-dealkylation sites (tertiary alicyclic amines) is 1. The number of nitrogens with zero attached hydrogens (tertiary/aromatic N) is 3. The number of hydrogen-bond acceptors (Lipinski definition) is 5. The number of pyridine rings is 1. The SMILES string of the molecule is CC(C)(O)c1nn2ccccc2c1CCN1CCC[C@H]1c1ccc(CCC(=O)NO)cc1. The molecule has 170 valence electrons. The number of carbonyl (C=O) groups is 1. The van der Waals surface area contributed by atoms with Crippen LogP contribution in [0.5, 0.6) is 0 Å². The highest BCUT2D eigenvalue weighted by Crippen LogP contribution is 2.33. The highest BCUT2D eigenvalue weighted by molar-refractivity contribution is 5.74. The lowest BCUT2D eigenvalue weighted by atomic mass is 9.97. The summed E-state index contributed by atoms with van der Waals surface area (Å²) in [5.41, 5.74) is 5.98. The van der Waals surface area contributed by atoms with Crippen molar-refractivity contribution in [1.29, 1.82) is 0 Å². The van der Waals surface area contributed by atoms with Crippen molar-refractivity contribution in [2.75, 3.05) is 13.1 Å². The molecule has 0 unspecified atom stereocenters. The summed E-state index contributed by atoms with van der Waals surface area (Å²) in [5.74, 6) is -0.367. The molecule has 3 heterocycles. The lowest BCUT2D eigenvalue weighted by molar-refractivity contribution is -0.129. The first-order valence-electron chi connectivity index (χ1n) is 11.3. The number of nitrogens with one attached hydrogen (secondary N) is 1. The van der Waals surface area contributed by atoms with Crippen molar-refractivity contribution in [3.05, 3.63) is 71.0 Å². The van der Waals surface area contributed by atoms with E-state index in [1.54, 1.807) is 19.3 Å². The number of fused-ring (bicyclic) bond motifs is 1. The van der Waals surface area contributed by atoms with Crippen LogP contribution in [-0.2, 0) is 23.2 Å². The van der Waals surface area contributed by atoms with E-state index in [9.17, 15) is 9.90 Å². The zero-order chi connectivity index (χ0) is 22.7. The number of aliphatic hydroxyl groups is 1.